The molecule has 1 saturated heterocycles. The minimum Gasteiger partial charge on any atom is -0.341 e. The molecule has 140 valence electrons. The minimum absolute atomic E-state index is 0.0522. The summed E-state index contributed by atoms with van der Waals surface area (Å²) < 4.78 is 2.64. The number of rotatable bonds is 4. The molecule has 0 atom stereocenters. The average molecular weight is 366 g/mol. The van der Waals surface area contributed by atoms with Crippen molar-refractivity contribution in [2.45, 2.75) is 33.2 Å². The number of carbonyl (C=O) groups excluding carboxylic acids is 1. The van der Waals surface area contributed by atoms with Crippen molar-refractivity contribution in [2.24, 2.45) is 0 Å². The van der Waals surface area contributed by atoms with Gasteiger partial charge in [0.2, 0.25) is 11.9 Å². The van der Waals surface area contributed by atoms with Crippen LogP contribution in [-0.2, 0) is 11.3 Å². The van der Waals surface area contributed by atoms with E-state index < -0.39 is 0 Å². The first kappa shape index (κ1) is 17.3. The number of benzene rings is 1. The second-order valence-electron chi connectivity index (χ2n) is 6.88. The molecule has 2 aromatic heterocycles. The number of fused-ring (bicyclic) bond motifs is 1. The Balaban J connectivity index is 1.72. The lowest BCUT2D eigenvalue weighted by Gasteiger charge is -2.14. The zero-order chi connectivity index (χ0) is 19.0. The molecule has 1 fully saturated rings. The Morgan fingerprint density at radius 3 is 2.67 bits per heavy atom. The number of likely N-dealkylation sites (tertiary alicyclic amines) is 1. The van der Waals surface area contributed by atoms with Crippen molar-refractivity contribution in [2.75, 3.05) is 18.4 Å². The first-order chi connectivity index (χ1) is 13.0. The van der Waals surface area contributed by atoms with Crippen LogP contribution >= 0.6 is 0 Å². The molecule has 1 N–H and O–H groups in total. The highest BCUT2D eigenvalue weighted by Gasteiger charge is 2.21. The van der Waals surface area contributed by atoms with Crippen LogP contribution in [0.2, 0.25) is 0 Å². The number of para-hydroxylation sites is 1. The topological polar surface area (TPSA) is 84.5 Å². The van der Waals surface area contributed by atoms with Crippen LogP contribution < -0.4 is 11.0 Å². The Labute approximate surface area is 156 Å². The molecule has 0 saturated carbocycles. The average Bonchev–Trinajstić information content (AvgIpc) is 3.26. The summed E-state index contributed by atoms with van der Waals surface area (Å²) in [5.74, 6) is 0.320. The Hall–Kier alpha value is -3.16. The van der Waals surface area contributed by atoms with Gasteiger partial charge in [-0.2, -0.15) is 0 Å². The highest BCUT2D eigenvalue weighted by atomic mass is 16.2. The summed E-state index contributed by atoms with van der Waals surface area (Å²) in [4.78, 5) is 31.6. The molecule has 3 heterocycles. The fourth-order valence-corrected chi connectivity index (χ4v) is 3.37. The predicted molar refractivity (Wildman–Crippen MR) is 102 cm³/mol. The number of carbonyl (C=O) groups is 1. The van der Waals surface area contributed by atoms with Gasteiger partial charge in [-0.1, -0.05) is 18.2 Å². The van der Waals surface area contributed by atoms with Gasteiger partial charge in [0, 0.05) is 30.5 Å². The fourth-order valence-electron chi connectivity index (χ4n) is 3.37. The molecule has 0 spiro atoms. The van der Waals surface area contributed by atoms with Gasteiger partial charge < -0.3 is 10.2 Å². The van der Waals surface area contributed by atoms with Crippen molar-refractivity contribution in [1.82, 2.24) is 24.1 Å². The number of aryl methyl sites for hydroxylation is 2. The summed E-state index contributed by atoms with van der Waals surface area (Å²) in [6, 6.07) is 9.52. The summed E-state index contributed by atoms with van der Waals surface area (Å²) in [5.41, 5.74) is 2.74. The van der Waals surface area contributed by atoms with E-state index in [-0.39, 0.29) is 18.1 Å². The monoisotopic (exact) mass is 366 g/mol. The third kappa shape index (κ3) is 3.30. The van der Waals surface area contributed by atoms with Crippen LogP contribution in [0.4, 0.5) is 11.6 Å². The number of aromatic nitrogens is 4. The second kappa shape index (κ2) is 6.86. The molecule has 8 heteroatoms. The Kier molecular flexibility index (Phi) is 4.39. The molecule has 0 unspecified atom stereocenters. The molecular weight excluding hydrogens is 344 g/mol. The fraction of sp³-hybridized carbons (Fsp3) is 0.368. The molecule has 3 aromatic rings. The van der Waals surface area contributed by atoms with Gasteiger partial charge in [-0.3, -0.25) is 4.79 Å². The number of hydrogen-bond acceptors (Lipinski definition) is 5. The van der Waals surface area contributed by atoms with Crippen LogP contribution in [0, 0.1) is 13.8 Å². The van der Waals surface area contributed by atoms with E-state index in [0.717, 1.165) is 42.9 Å². The molecule has 1 aromatic carbocycles. The molecule has 8 nitrogen and oxygen atoms in total. The smallest absolute Gasteiger partial charge is 0.341 e. The number of hydrogen-bond donors (Lipinski definition) is 1. The quantitative estimate of drug-likeness (QED) is 0.762. The van der Waals surface area contributed by atoms with E-state index in [0.29, 0.717) is 11.6 Å². The number of nitrogens with one attached hydrogen (secondary N) is 1. The first-order valence-corrected chi connectivity index (χ1v) is 9.10. The zero-order valence-corrected chi connectivity index (χ0v) is 15.5. The third-order valence-electron chi connectivity index (χ3n) is 4.83. The van der Waals surface area contributed by atoms with E-state index in [4.69, 9.17) is 0 Å². The molecule has 27 heavy (non-hydrogen) atoms. The highest BCUT2D eigenvalue weighted by Crippen LogP contribution is 2.19. The van der Waals surface area contributed by atoms with Gasteiger partial charge in [0.05, 0.1) is 0 Å². The summed E-state index contributed by atoms with van der Waals surface area (Å²) >= 11 is 0. The molecule has 0 bridgehead atoms. The van der Waals surface area contributed by atoms with E-state index in [1.807, 2.05) is 38.1 Å². The summed E-state index contributed by atoms with van der Waals surface area (Å²) in [6.07, 6.45) is 2.03. The zero-order valence-electron chi connectivity index (χ0n) is 15.5. The lowest BCUT2D eigenvalue weighted by Crippen LogP contribution is -2.35. The number of amides is 1. The van der Waals surface area contributed by atoms with E-state index in [9.17, 15) is 9.59 Å². The molecule has 1 amide bonds. The van der Waals surface area contributed by atoms with Crippen molar-refractivity contribution in [3.8, 4) is 0 Å². The molecule has 1 aliphatic rings. The van der Waals surface area contributed by atoms with E-state index >= 15 is 0 Å². The third-order valence-corrected chi connectivity index (χ3v) is 4.83. The van der Waals surface area contributed by atoms with E-state index in [1.54, 1.807) is 11.0 Å². The highest BCUT2D eigenvalue weighted by molar-refractivity contribution is 5.76. The van der Waals surface area contributed by atoms with Gasteiger partial charge in [0.25, 0.3) is 0 Å². The SMILES string of the molecule is Cc1cc2nn(CC(=O)N3CCCC3)c(=O)n2c(Nc2ccccc2C)n1. The predicted octanol–water partition coefficient (Wildman–Crippen LogP) is 1.87. The Bertz CT molecular complexity index is 1060. The molecule has 4 rings (SSSR count). The largest absolute Gasteiger partial charge is 0.353 e. The van der Waals surface area contributed by atoms with E-state index in [2.05, 4.69) is 15.4 Å². The maximum Gasteiger partial charge on any atom is 0.353 e. The lowest BCUT2D eigenvalue weighted by molar-refractivity contribution is -0.131. The second-order valence-corrected chi connectivity index (χ2v) is 6.88. The first-order valence-electron chi connectivity index (χ1n) is 9.10. The van der Waals surface area contributed by atoms with Crippen LogP contribution in [0.1, 0.15) is 24.1 Å². The van der Waals surface area contributed by atoms with Gasteiger partial charge >= 0.3 is 5.69 Å². The van der Waals surface area contributed by atoms with Crippen LogP contribution in [-0.4, -0.2) is 43.1 Å². The van der Waals surface area contributed by atoms with E-state index in [1.165, 1.54) is 9.08 Å². The van der Waals surface area contributed by atoms with Crippen molar-refractivity contribution in [3.63, 3.8) is 0 Å². The number of nitrogens with zero attached hydrogens (tertiary/aromatic N) is 5. The van der Waals surface area contributed by atoms with Crippen molar-refractivity contribution >= 4 is 23.2 Å². The molecule has 0 radical (unpaired) electrons. The molecule has 0 aliphatic carbocycles. The van der Waals surface area contributed by atoms with Gasteiger partial charge in [-0.25, -0.2) is 18.9 Å². The number of anilines is 2. The summed E-state index contributed by atoms with van der Waals surface area (Å²) in [6.45, 7) is 5.28. The van der Waals surface area contributed by atoms with Crippen molar-refractivity contribution < 1.29 is 4.79 Å². The van der Waals surface area contributed by atoms with Crippen LogP contribution in [0.3, 0.4) is 0 Å². The Morgan fingerprint density at radius 2 is 1.93 bits per heavy atom. The molecular formula is C19H22N6O2. The molecule has 1 aliphatic heterocycles. The minimum atomic E-state index is -0.374. The van der Waals surface area contributed by atoms with Crippen molar-refractivity contribution in [1.29, 1.82) is 0 Å². The van der Waals surface area contributed by atoms with Gasteiger partial charge in [-0.15, -0.1) is 5.10 Å². The van der Waals surface area contributed by atoms with Crippen LogP contribution in [0.15, 0.2) is 35.1 Å². The summed E-state index contributed by atoms with van der Waals surface area (Å²) in [5, 5.41) is 7.57. The Morgan fingerprint density at radius 1 is 1.19 bits per heavy atom. The standard InChI is InChI=1S/C19H22N6O2/c1-13-7-3-4-8-15(13)21-18-20-14(2)11-16-22-24(19(27)25(16)18)12-17(26)23-9-5-6-10-23/h3-4,7-8,11H,5-6,9-10,12H2,1-2H3,(H,20,21). The normalized spacial score (nSPS) is 14.1. The summed E-state index contributed by atoms with van der Waals surface area (Å²) in [7, 11) is 0. The van der Waals surface area contributed by atoms with Crippen molar-refractivity contribution in [3.05, 3.63) is 52.1 Å². The van der Waals surface area contributed by atoms with Crippen LogP contribution in [0.25, 0.3) is 5.65 Å². The van der Waals surface area contributed by atoms with Gasteiger partial charge in [-0.05, 0) is 38.3 Å². The maximum atomic E-state index is 12.9. The lowest BCUT2D eigenvalue weighted by atomic mass is 10.2. The van der Waals surface area contributed by atoms with Crippen LogP contribution in [0.5, 0.6) is 0 Å². The maximum absolute atomic E-state index is 12.9. The van der Waals surface area contributed by atoms with Gasteiger partial charge in [0.15, 0.2) is 5.65 Å². The van der Waals surface area contributed by atoms with Gasteiger partial charge in [0.1, 0.15) is 6.54 Å².